The summed E-state index contributed by atoms with van der Waals surface area (Å²) >= 11 is 0. The molecule has 0 saturated heterocycles. The minimum Gasteiger partial charge on any atom is -0.393 e. The summed E-state index contributed by atoms with van der Waals surface area (Å²) in [4.78, 5) is 2.31. The molecule has 0 radical (unpaired) electrons. The average molecular weight is 846 g/mol. The normalized spacial score (nSPS) is 50.5. The van der Waals surface area contributed by atoms with Crippen LogP contribution >= 0.6 is 0 Å². The van der Waals surface area contributed by atoms with E-state index in [9.17, 15) is 33.4 Å². The average Bonchev–Trinajstić information content (AvgIpc) is 3.71. The Morgan fingerprint density at radius 1 is 0.542 bits per heavy atom. The molecule has 5 N–H and O–H groups in total. The fraction of sp³-hybridized carbons (Fsp3) is 1.00. The van der Waals surface area contributed by atoms with Crippen LogP contribution in [0.2, 0.25) is 0 Å². The van der Waals surface area contributed by atoms with Gasteiger partial charge < -0.3 is 25.3 Å². The molecule has 0 bridgehead atoms. The molecule has 20 atom stereocenters. The van der Waals surface area contributed by atoms with Gasteiger partial charge in [-0.1, -0.05) is 41.5 Å². The third kappa shape index (κ3) is 8.21. The first-order chi connectivity index (χ1) is 27.8. The Hall–Kier alpha value is -0.290. The summed E-state index contributed by atoms with van der Waals surface area (Å²) in [5, 5.41) is 44.4. The van der Waals surface area contributed by atoms with Crippen LogP contribution in [0, 0.1) is 92.7 Å². The van der Waals surface area contributed by atoms with Crippen molar-refractivity contribution in [2.24, 2.45) is 92.7 Å². The van der Waals surface area contributed by atoms with Gasteiger partial charge in [0.05, 0.1) is 30.2 Å². The lowest BCUT2D eigenvalue weighted by Crippen LogP contribution is -2.58. The van der Waals surface area contributed by atoms with Gasteiger partial charge in [-0.3, -0.25) is 4.55 Å². The highest BCUT2D eigenvalue weighted by atomic mass is 32.2. The molecule has 8 nitrogen and oxygen atoms in total. The number of aliphatic hydroxyl groups excluding tert-OH is 4. The maximum absolute atomic E-state index is 11.9. The molecule has 59 heavy (non-hydrogen) atoms. The van der Waals surface area contributed by atoms with Crippen LogP contribution in [-0.4, -0.2) is 88.1 Å². The highest BCUT2D eigenvalue weighted by Crippen LogP contribution is 2.70. The summed E-state index contributed by atoms with van der Waals surface area (Å²) in [6.45, 7) is 17.1. The number of hydrogen-bond donors (Lipinski definition) is 5. The number of rotatable bonds is 13. The Morgan fingerprint density at radius 3 is 1.34 bits per heavy atom. The lowest BCUT2D eigenvalue weighted by Gasteiger charge is -2.62. The van der Waals surface area contributed by atoms with Gasteiger partial charge in [0, 0.05) is 6.54 Å². The first kappa shape index (κ1) is 45.3. The van der Waals surface area contributed by atoms with Gasteiger partial charge in [0.15, 0.2) is 0 Å². The zero-order valence-corrected chi connectivity index (χ0v) is 38.9. The van der Waals surface area contributed by atoms with Crippen molar-refractivity contribution < 1.29 is 33.4 Å². The lowest BCUT2D eigenvalue weighted by atomic mass is 9.43. The maximum atomic E-state index is 11.9. The van der Waals surface area contributed by atoms with Gasteiger partial charge in [-0.2, -0.15) is 8.42 Å². The molecular weight excluding hydrogens is 759 g/mol. The standard InChI is InChI=1S/C50H87NO7S/c1-31(37-11-13-39-45-41(17-21-49(37,39)5)47(3)19-15-35(52)27-33(47)29-43(45)54)9-7-23-51(25-26-59(56,57)58)24-8-10-32(2)38-12-14-40-46-42(18-22-50(38,40)6)48(4)20-16-36(53)28-34(48)30-44(46)55/h31-46,52-55H,7-30H2,1-6H3,(H,56,57,58)/t31-,32-,33?,34?,35-,36-,37-,38-,39?,40?,41+,42+,43+,44+,45+,46+,47+,48+,49-,50-/m1/s1. The van der Waals surface area contributed by atoms with E-state index >= 15 is 0 Å². The van der Waals surface area contributed by atoms with Crippen molar-refractivity contribution in [3.05, 3.63) is 0 Å². The molecule has 0 spiro atoms. The molecule has 8 rings (SSSR count). The summed E-state index contributed by atoms with van der Waals surface area (Å²) in [7, 11) is -4.04. The molecule has 8 aliphatic rings. The van der Waals surface area contributed by atoms with Gasteiger partial charge in [0.1, 0.15) is 0 Å². The van der Waals surface area contributed by atoms with Crippen LogP contribution in [0.15, 0.2) is 0 Å². The third-order valence-electron chi connectivity index (χ3n) is 21.8. The van der Waals surface area contributed by atoms with E-state index in [1.54, 1.807) is 0 Å². The molecular formula is C50H87NO7S. The van der Waals surface area contributed by atoms with Crippen molar-refractivity contribution in [1.29, 1.82) is 0 Å². The second-order valence-corrected chi connectivity index (χ2v) is 25.8. The minimum absolute atomic E-state index is 0.201. The fourth-order valence-corrected chi connectivity index (χ4v) is 19.1. The van der Waals surface area contributed by atoms with Crippen molar-refractivity contribution in [3.8, 4) is 0 Å². The molecule has 8 saturated carbocycles. The predicted molar refractivity (Wildman–Crippen MR) is 235 cm³/mol. The van der Waals surface area contributed by atoms with Gasteiger partial charge in [0.2, 0.25) is 0 Å². The molecule has 0 heterocycles. The third-order valence-corrected chi connectivity index (χ3v) is 22.5. The van der Waals surface area contributed by atoms with Gasteiger partial charge in [0.25, 0.3) is 10.1 Å². The quantitative estimate of drug-likeness (QED) is 0.116. The zero-order chi connectivity index (χ0) is 42.3. The van der Waals surface area contributed by atoms with Gasteiger partial charge >= 0.3 is 0 Å². The van der Waals surface area contributed by atoms with Gasteiger partial charge in [-0.05, 0) is 234 Å². The van der Waals surface area contributed by atoms with Crippen molar-refractivity contribution >= 4 is 10.1 Å². The largest absolute Gasteiger partial charge is 0.393 e. The molecule has 4 unspecified atom stereocenters. The van der Waals surface area contributed by atoms with E-state index in [2.05, 4.69) is 46.4 Å². The van der Waals surface area contributed by atoms with Crippen LogP contribution in [0.1, 0.15) is 170 Å². The topological polar surface area (TPSA) is 139 Å². The van der Waals surface area contributed by atoms with Crippen molar-refractivity contribution in [1.82, 2.24) is 4.90 Å². The van der Waals surface area contributed by atoms with Crippen molar-refractivity contribution in [2.45, 2.75) is 194 Å². The summed E-state index contributed by atoms with van der Waals surface area (Å²) in [5.41, 5.74) is 1.00. The van der Waals surface area contributed by atoms with E-state index in [4.69, 9.17) is 0 Å². The van der Waals surface area contributed by atoms with Gasteiger partial charge in [-0.25, -0.2) is 0 Å². The molecule has 8 aliphatic carbocycles. The van der Waals surface area contributed by atoms with Crippen LogP contribution in [0.3, 0.4) is 0 Å². The van der Waals surface area contributed by atoms with E-state index in [0.717, 1.165) is 90.1 Å². The molecule has 0 aromatic rings. The fourth-order valence-electron chi connectivity index (χ4n) is 18.6. The Bertz CT molecular complexity index is 1480. The number of aliphatic hydroxyl groups is 4. The second kappa shape index (κ2) is 16.9. The van der Waals surface area contributed by atoms with Crippen molar-refractivity contribution in [2.75, 3.05) is 25.4 Å². The number of fused-ring (bicyclic) bond motifs is 10. The van der Waals surface area contributed by atoms with Crippen LogP contribution in [0.4, 0.5) is 0 Å². The smallest absolute Gasteiger partial charge is 0.266 e. The summed E-state index contributed by atoms with van der Waals surface area (Å²) in [5.74, 6) is 6.16. The van der Waals surface area contributed by atoms with Crippen molar-refractivity contribution in [3.63, 3.8) is 0 Å². The maximum Gasteiger partial charge on any atom is 0.266 e. The summed E-state index contributed by atoms with van der Waals surface area (Å²) in [6, 6.07) is 0. The number of hydrogen-bond acceptors (Lipinski definition) is 7. The molecule has 0 amide bonds. The highest BCUT2D eigenvalue weighted by molar-refractivity contribution is 7.85. The summed E-state index contributed by atoms with van der Waals surface area (Å²) in [6.07, 6.45) is 20.7. The molecule has 340 valence electrons. The lowest BCUT2D eigenvalue weighted by molar-refractivity contribution is -0.174. The van der Waals surface area contributed by atoms with E-state index in [1.807, 2.05) is 0 Å². The van der Waals surface area contributed by atoms with Crippen LogP contribution < -0.4 is 0 Å². The molecule has 8 fully saturated rings. The molecule has 0 aromatic carbocycles. The van der Waals surface area contributed by atoms with Crippen LogP contribution in [0.25, 0.3) is 0 Å². The Balaban J connectivity index is 0.845. The van der Waals surface area contributed by atoms with E-state index in [0.29, 0.717) is 77.6 Å². The van der Waals surface area contributed by atoms with E-state index < -0.39 is 10.1 Å². The van der Waals surface area contributed by atoms with E-state index in [-0.39, 0.29) is 51.8 Å². The second-order valence-electron chi connectivity index (χ2n) is 24.3. The first-order valence-corrected chi connectivity index (χ1v) is 26.8. The van der Waals surface area contributed by atoms with Gasteiger partial charge in [-0.15, -0.1) is 0 Å². The molecule has 0 aromatic heterocycles. The zero-order valence-electron chi connectivity index (χ0n) is 38.1. The monoisotopic (exact) mass is 846 g/mol. The Labute approximate surface area is 359 Å². The Kier molecular flexibility index (Phi) is 13.0. The predicted octanol–water partition coefficient (Wildman–Crippen LogP) is 8.99. The first-order valence-electron chi connectivity index (χ1n) is 25.2. The number of nitrogens with zero attached hydrogens (tertiary/aromatic N) is 1. The minimum atomic E-state index is -4.04. The molecule has 9 heteroatoms. The van der Waals surface area contributed by atoms with Crippen LogP contribution in [0.5, 0.6) is 0 Å². The summed E-state index contributed by atoms with van der Waals surface area (Å²) < 4.78 is 33.6. The molecule has 0 aliphatic heterocycles. The Morgan fingerprint density at radius 2 is 0.932 bits per heavy atom. The van der Waals surface area contributed by atoms with E-state index in [1.165, 1.54) is 51.4 Å². The SMILES string of the molecule is C[C@H](CCCN(CCC[C@@H](C)[C@H]1CCC2[C@@H]3[C@@H](O)CC4C[C@H](O)CC[C@]4(C)[C@H]3CC[C@@]21C)CCS(=O)(=O)O)[C@H]1CCC2[C@@H]3[C@@H](O)CC4C[C@H](O)CC[C@]4(C)[C@H]3CC[C@@]21C. The highest BCUT2D eigenvalue weighted by Gasteiger charge is 2.64. The van der Waals surface area contributed by atoms with Crippen LogP contribution in [-0.2, 0) is 10.1 Å².